The number of nitrogens with zero attached hydrogens (tertiary/aromatic N) is 2. The lowest BCUT2D eigenvalue weighted by molar-refractivity contribution is -0.0401. The number of methoxy groups -OCH3 is 2. The Kier molecular flexibility index (Phi) is 6.78. The monoisotopic (exact) mass is 350 g/mol. The van der Waals surface area contributed by atoms with Crippen LogP contribution in [-0.2, 0) is 14.2 Å². The number of hydrogen-bond acceptors (Lipinski definition) is 5. The summed E-state index contributed by atoms with van der Waals surface area (Å²) in [7, 11) is 3.03. The molecule has 1 aromatic carbocycles. The van der Waals surface area contributed by atoms with Gasteiger partial charge in [-0.05, 0) is 23.6 Å². The zero-order chi connectivity index (χ0) is 18.4. The van der Waals surface area contributed by atoms with E-state index in [1.807, 2.05) is 12.1 Å². The van der Waals surface area contributed by atoms with Gasteiger partial charge in [-0.1, -0.05) is 26.0 Å². The summed E-state index contributed by atoms with van der Waals surface area (Å²) in [5.41, 5.74) is 1.66. The minimum atomic E-state index is -0.444. The molecule has 0 bridgehead atoms. The molecule has 7 heteroatoms. The Morgan fingerprint density at radius 2 is 1.60 bits per heavy atom. The summed E-state index contributed by atoms with van der Waals surface area (Å²) in [6.45, 7) is 5.06. The van der Waals surface area contributed by atoms with Gasteiger partial charge in [0.05, 0.1) is 18.7 Å². The van der Waals surface area contributed by atoms with Crippen LogP contribution >= 0.6 is 0 Å². The molecule has 0 spiro atoms. The molecular formula is C18H26N2O5. The third kappa shape index (κ3) is 4.93. The van der Waals surface area contributed by atoms with Gasteiger partial charge < -0.3 is 14.2 Å². The molecule has 25 heavy (non-hydrogen) atoms. The van der Waals surface area contributed by atoms with Crippen LogP contribution in [0.5, 0.6) is 0 Å². The topological polar surface area (TPSA) is 68.3 Å². The molecule has 1 aromatic rings. The van der Waals surface area contributed by atoms with Gasteiger partial charge in [-0.2, -0.15) is 0 Å². The van der Waals surface area contributed by atoms with Crippen LogP contribution in [0, 0.1) is 0 Å². The van der Waals surface area contributed by atoms with Crippen LogP contribution in [-0.4, -0.2) is 68.7 Å². The van der Waals surface area contributed by atoms with Crippen LogP contribution in [0.1, 0.15) is 35.7 Å². The van der Waals surface area contributed by atoms with Crippen molar-refractivity contribution in [2.24, 2.45) is 0 Å². The number of esters is 1. The molecule has 138 valence electrons. The minimum Gasteiger partial charge on any atom is -0.455 e. The van der Waals surface area contributed by atoms with Crippen molar-refractivity contribution >= 4 is 12.0 Å². The van der Waals surface area contributed by atoms with Gasteiger partial charge in [0.15, 0.2) is 0 Å². The van der Waals surface area contributed by atoms with E-state index in [-0.39, 0.29) is 19.5 Å². The molecule has 1 aliphatic rings. The van der Waals surface area contributed by atoms with Crippen LogP contribution in [0.15, 0.2) is 24.3 Å². The Balaban J connectivity index is 2.04. The third-order valence-corrected chi connectivity index (χ3v) is 4.05. The molecule has 0 aromatic heterocycles. The molecule has 7 nitrogen and oxygen atoms in total. The van der Waals surface area contributed by atoms with E-state index in [0.717, 1.165) is 5.56 Å². The standard InChI is InChI=1S/C18H26N2O5/c1-13(2)14-5-7-15(8-6-14)17(21)25-16-9-19(11-23-3)18(22)20(10-16)12-24-4/h5-8,13,16H,9-12H2,1-4H3. The van der Waals surface area contributed by atoms with E-state index in [2.05, 4.69) is 13.8 Å². The summed E-state index contributed by atoms with van der Waals surface area (Å²) in [6.07, 6.45) is -0.444. The van der Waals surface area contributed by atoms with E-state index >= 15 is 0 Å². The largest absolute Gasteiger partial charge is 0.455 e. The normalized spacial score (nSPS) is 15.8. The molecule has 0 N–H and O–H groups in total. The maximum atomic E-state index is 12.4. The quantitative estimate of drug-likeness (QED) is 0.706. The number of rotatable bonds is 7. The molecule has 2 rings (SSSR count). The van der Waals surface area contributed by atoms with Gasteiger partial charge >= 0.3 is 12.0 Å². The highest BCUT2D eigenvalue weighted by atomic mass is 16.5. The van der Waals surface area contributed by atoms with Gasteiger partial charge in [0.2, 0.25) is 0 Å². The molecular weight excluding hydrogens is 324 g/mol. The third-order valence-electron chi connectivity index (χ3n) is 4.05. The van der Waals surface area contributed by atoms with Crippen LogP contribution in [0.4, 0.5) is 4.79 Å². The average Bonchev–Trinajstić information content (AvgIpc) is 2.59. The van der Waals surface area contributed by atoms with Crippen molar-refractivity contribution < 1.29 is 23.8 Å². The van der Waals surface area contributed by atoms with E-state index in [0.29, 0.717) is 24.6 Å². The lowest BCUT2D eigenvalue weighted by Gasteiger charge is -2.38. The van der Waals surface area contributed by atoms with Crippen LogP contribution in [0.2, 0.25) is 0 Å². The van der Waals surface area contributed by atoms with E-state index in [1.54, 1.807) is 12.1 Å². The second-order valence-corrected chi connectivity index (χ2v) is 6.37. The first kappa shape index (κ1) is 19.2. The van der Waals surface area contributed by atoms with E-state index in [4.69, 9.17) is 14.2 Å². The maximum absolute atomic E-state index is 12.4. The lowest BCUT2D eigenvalue weighted by atomic mass is 10.0. The molecule has 0 atom stereocenters. The number of ether oxygens (including phenoxy) is 3. The predicted molar refractivity (Wildman–Crippen MR) is 92.3 cm³/mol. The van der Waals surface area contributed by atoms with Crippen LogP contribution in [0.25, 0.3) is 0 Å². The summed E-state index contributed by atoms with van der Waals surface area (Å²) in [5, 5.41) is 0. The molecule has 0 saturated carbocycles. The van der Waals surface area contributed by atoms with Gasteiger partial charge in [-0.25, -0.2) is 9.59 Å². The van der Waals surface area contributed by atoms with Crippen LogP contribution in [0.3, 0.4) is 0 Å². The molecule has 0 unspecified atom stereocenters. The van der Waals surface area contributed by atoms with Crippen molar-refractivity contribution in [1.82, 2.24) is 9.80 Å². The summed E-state index contributed by atoms with van der Waals surface area (Å²) in [5.74, 6) is 0.00372. The second kappa shape index (κ2) is 8.82. The van der Waals surface area contributed by atoms with Gasteiger partial charge in [0, 0.05) is 14.2 Å². The van der Waals surface area contributed by atoms with Crippen molar-refractivity contribution in [2.75, 3.05) is 40.8 Å². The average molecular weight is 350 g/mol. The Labute approximate surface area is 148 Å². The fourth-order valence-corrected chi connectivity index (χ4v) is 2.73. The first-order valence-corrected chi connectivity index (χ1v) is 8.29. The fourth-order valence-electron chi connectivity index (χ4n) is 2.73. The zero-order valence-corrected chi connectivity index (χ0v) is 15.2. The molecule has 0 aliphatic carbocycles. The highest BCUT2D eigenvalue weighted by molar-refractivity contribution is 5.89. The molecule has 0 radical (unpaired) electrons. The van der Waals surface area contributed by atoms with Crippen molar-refractivity contribution in [3.8, 4) is 0 Å². The number of hydrogen-bond donors (Lipinski definition) is 0. The number of carbonyl (C=O) groups excluding carboxylic acids is 2. The van der Waals surface area contributed by atoms with E-state index < -0.39 is 12.1 Å². The van der Waals surface area contributed by atoms with Crippen LogP contribution < -0.4 is 0 Å². The van der Waals surface area contributed by atoms with Gasteiger partial charge in [-0.15, -0.1) is 0 Å². The Morgan fingerprint density at radius 3 is 2.04 bits per heavy atom. The van der Waals surface area contributed by atoms with Crippen molar-refractivity contribution in [3.05, 3.63) is 35.4 Å². The molecule has 1 heterocycles. The summed E-state index contributed by atoms with van der Waals surface area (Å²) >= 11 is 0. The number of benzene rings is 1. The highest BCUT2D eigenvalue weighted by Crippen LogP contribution is 2.17. The molecule has 1 fully saturated rings. The van der Waals surface area contributed by atoms with Gasteiger partial charge in [-0.3, -0.25) is 9.80 Å². The van der Waals surface area contributed by atoms with Crippen molar-refractivity contribution in [2.45, 2.75) is 25.9 Å². The predicted octanol–water partition coefficient (Wildman–Crippen LogP) is 2.28. The van der Waals surface area contributed by atoms with E-state index in [1.165, 1.54) is 24.0 Å². The van der Waals surface area contributed by atoms with Gasteiger partial charge in [0.25, 0.3) is 0 Å². The summed E-state index contributed by atoms with van der Waals surface area (Å²) in [6, 6.07) is 7.20. The minimum absolute atomic E-state index is 0.135. The maximum Gasteiger partial charge on any atom is 0.338 e. The first-order chi connectivity index (χ1) is 12.0. The summed E-state index contributed by atoms with van der Waals surface area (Å²) in [4.78, 5) is 27.6. The molecule has 1 aliphatic heterocycles. The SMILES string of the molecule is COCN1CC(OC(=O)c2ccc(C(C)C)cc2)CN(COC)C1=O. The lowest BCUT2D eigenvalue weighted by Crippen LogP contribution is -2.57. The number of urea groups is 1. The van der Waals surface area contributed by atoms with Crippen molar-refractivity contribution in [1.29, 1.82) is 0 Å². The Morgan fingerprint density at radius 1 is 1.08 bits per heavy atom. The number of carbonyl (C=O) groups is 2. The Bertz CT molecular complexity index is 570. The van der Waals surface area contributed by atoms with E-state index in [9.17, 15) is 9.59 Å². The van der Waals surface area contributed by atoms with Crippen molar-refractivity contribution in [3.63, 3.8) is 0 Å². The summed E-state index contributed by atoms with van der Waals surface area (Å²) < 4.78 is 15.7. The smallest absolute Gasteiger partial charge is 0.338 e. The zero-order valence-electron chi connectivity index (χ0n) is 15.2. The Hall–Kier alpha value is -2.12. The molecule has 2 amide bonds. The molecule has 1 saturated heterocycles. The van der Waals surface area contributed by atoms with Gasteiger partial charge in [0.1, 0.15) is 19.6 Å². The number of amides is 2. The fraction of sp³-hybridized carbons (Fsp3) is 0.556. The second-order valence-electron chi connectivity index (χ2n) is 6.37. The first-order valence-electron chi connectivity index (χ1n) is 8.29. The highest BCUT2D eigenvalue weighted by Gasteiger charge is 2.33.